The number of nitrogens with one attached hydrogen (secondary N) is 1. The van der Waals surface area contributed by atoms with Gasteiger partial charge in [-0.3, -0.25) is 4.79 Å². The molecule has 0 aromatic heterocycles. The van der Waals surface area contributed by atoms with E-state index in [9.17, 15) is 4.79 Å². The van der Waals surface area contributed by atoms with Gasteiger partial charge < -0.3 is 10.2 Å². The lowest BCUT2D eigenvalue weighted by Gasteiger charge is -2.20. The van der Waals surface area contributed by atoms with Crippen molar-refractivity contribution in [1.29, 1.82) is 5.26 Å². The van der Waals surface area contributed by atoms with E-state index in [-0.39, 0.29) is 5.91 Å². The van der Waals surface area contributed by atoms with Crippen LogP contribution >= 0.6 is 15.9 Å². The van der Waals surface area contributed by atoms with Gasteiger partial charge in [-0.1, -0.05) is 15.9 Å². The van der Waals surface area contributed by atoms with Gasteiger partial charge in [0.25, 0.3) is 0 Å². The van der Waals surface area contributed by atoms with E-state index in [2.05, 4.69) is 27.3 Å². The molecule has 0 aliphatic heterocycles. The minimum absolute atomic E-state index is 0.00697. The summed E-state index contributed by atoms with van der Waals surface area (Å²) >= 11 is 3.33. The molecule has 0 radical (unpaired) electrons. The van der Waals surface area contributed by atoms with Crippen LogP contribution in [0.2, 0.25) is 0 Å². The van der Waals surface area contributed by atoms with Gasteiger partial charge in [0.15, 0.2) is 0 Å². The molecule has 0 bridgehead atoms. The molecule has 1 N–H and O–H groups in total. The molecule has 1 rings (SSSR count). The summed E-state index contributed by atoms with van der Waals surface area (Å²) in [5.41, 5.74) is 1.43. The molecule has 0 saturated carbocycles. The van der Waals surface area contributed by atoms with Crippen LogP contribution in [0.25, 0.3) is 0 Å². The Balaban J connectivity index is 2.79. The van der Waals surface area contributed by atoms with Gasteiger partial charge in [-0.05, 0) is 18.2 Å². The van der Waals surface area contributed by atoms with Gasteiger partial charge >= 0.3 is 0 Å². The fourth-order valence-electron chi connectivity index (χ4n) is 1.45. The number of carbonyl (C=O) groups is 1. The van der Waals surface area contributed by atoms with Crippen LogP contribution in [0, 0.1) is 11.3 Å². The van der Waals surface area contributed by atoms with Gasteiger partial charge in [-0.15, -0.1) is 0 Å². The highest BCUT2D eigenvalue weighted by molar-refractivity contribution is 9.10. The number of carbonyl (C=O) groups excluding carboxylic acids is 1. The average Bonchev–Trinajstić information content (AvgIpc) is 2.35. The Morgan fingerprint density at radius 2 is 2.29 bits per heavy atom. The third kappa shape index (κ3) is 3.75. The molecule has 1 aromatic carbocycles. The molecule has 0 aliphatic rings. The number of benzene rings is 1. The maximum atomic E-state index is 11.1. The number of anilines is 1. The van der Waals surface area contributed by atoms with Crippen LogP contribution in [-0.4, -0.2) is 26.5 Å². The first-order chi connectivity index (χ1) is 8.08. The minimum atomic E-state index is -0.00697. The van der Waals surface area contributed by atoms with Gasteiger partial charge in [0.2, 0.25) is 5.91 Å². The Kier molecular flexibility index (Phi) is 4.98. The second-order valence-corrected chi connectivity index (χ2v) is 4.53. The lowest BCUT2D eigenvalue weighted by atomic mass is 10.2. The van der Waals surface area contributed by atoms with E-state index in [4.69, 9.17) is 5.26 Å². The molecular formula is C12H14BrN3O. The maximum Gasteiger partial charge on any atom is 0.221 e. The van der Waals surface area contributed by atoms with Gasteiger partial charge in [0.05, 0.1) is 11.3 Å². The van der Waals surface area contributed by atoms with Crippen molar-refractivity contribution < 1.29 is 4.79 Å². The predicted molar refractivity (Wildman–Crippen MR) is 70.8 cm³/mol. The van der Waals surface area contributed by atoms with Crippen molar-refractivity contribution in [2.75, 3.05) is 25.5 Å². The molecule has 4 nitrogen and oxygen atoms in total. The third-order valence-corrected chi connectivity index (χ3v) is 2.94. The standard InChI is InChI=1S/C12H14BrN3O/c1-15-12(17)5-6-16(2)11-4-3-10(13)7-9(11)8-14/h3-4,7H,5-6H2,1-2H3,(H,15,17). The molecule has 0 saturated heterocycles. The van der Waals surface area contributed by atoms with E-state index < -0.39 is 0 Å². The Morgan fingerprint density at radius 3 is 2.88 bits per heavy atom. The summed E-state index contributed by atoms with van der Waals surface area (Å²) in [6.45, 7) is 0.579. The molecule has 0 aliphatic carbocycles. The van der Waals surface area contributed by atoms with Crippen molar-refractivity contribution in [1.82, 2.24) is 5.32 Å². The molecule has 0 spiro atoms. The highest BCUT2D eigenvalue weighted by Gasteiger charge is 2.09. The fraction of sp³-hybridized carbons (Fsp3) is 0.333. The molecule has 0 heterocycles. The van der Waals surface area contributed by atoms with Gasteiger partial charge in [0, 0.05) is 31.5 Å². The smallest absolute Gasteiger partial charge is 0.221 e. The lowest BCUT2D eigenvalue weighted by Crippen LogP contribution is -2.26. The SMILES string of the molecule is CNC(=O)CCN(C)c1ccc(Br)cc1C#N. The van der Waals surface area contributed by atoms with Crippen LogP contribution in [0.4, 0.5) is 5.69 Å². The van der Waals surface area contributed by atoms with Crippen LogP contribution in [0.15, 0.2) is 22.7 Å². The highest BCUT2D eigenvalue weighted by atomic mass is 79.9. The number of hydrogen-bond donors (Lipinski definition) is 1. The van der Waals surface area contributed by atoms with Crippen LogP contribution in [0.1, 0.15) is 12.0 Å². The minimum Gasteiger partial charge on any atom is -0.373 e. The Labute approximate surface area is 109 Å². The Hall–Kier alpha value is -1.54. The van der Waals surface area contributed by atoms with Crippen molar-refractivity contribution in [3.05, 3.63) is 28.2 Å². The molecule has 5 heteroatoms. The van der Waals surface area contributed by atoms with Crippen LogP contribution < -0.4 is 10.2 Å². The van der Waals surface area contributed by atoms with E-state index in [0.29, 0.717) is 18.5 Å². The number of rotatable bonds is 4. The zero-order chi connectivity index (χ0) is 12.8. The monoisotopic (exact) mass is 295 g/mol. The number of amides is 1. The quantitative estimate of drug-likeness (QED) is 0.923. The normalized spacial score (nSPS) is 9.53. The lowest BCUT2D eigenvalue weighted by molar-refractivity contribution is -0.120. The van der Waals surface area contributed by atoms with Crippen molar-refractivity contribution in [3.63, 3.8) is 0 Å². The summed E-state index contributed by atoms with van der Waals surface area (Å²) in [7, 11) is 3.48. The molecule has 0 atom stereocenters. The fourth-order valence-corrected chi connectivity index (χ4v) is 1.81. The summed E-state index contributed by atoms with van der Waals surface area (Å²) < 4.78 is 0.873. The number of nitrogens with zero attached hydrogens (tertiary/aromatic N) is 2. The zero-order valence-electron chi connectivity index (χ0n) is 9.83. The highest BCUT2D eigenvalue weighted by Crippen LogP contribution is 2.23. The first-order valence-corrected chi connectivity index (χ1v) is 5.99. The van der Waals surface area contributed by atoms with E-state index in [1.165, 1.54) is 0 Å². The van der Waals surface area contributed by atoms with Crippen molar-refractivity contribution in [3.8, 4) is 6.07 Å². The van der Waals surface area contributed by atoms with Crippen LogP contribution in [-0.2, 0) is 4.79 Å². The van der Waals surface area contributed by atoms with Gasteiger partial charge in [0.1, 0.15) is 6.07 Å². The molecule has 0 fully saturated rings. The maximum absolute atomic E-state index is 11.1. The molecule has 1 aromatic rings. The first-order valence-electron chi connectivity index (χ1n) is 5.20. The predicted octanol–water partition coefficient (Wildman–Crippen LogP) is 1.89. The number of nitriles is 1. The van der Waals surface area contributed by atoms with Gasteiger partial charge in [-0.2, -0.15) is 5.26 Å². The second-order valence-electron chi connectivity index (χ2n) is 3.62. The zero-order valence-corrected chi connectivity index (χ0v) is 11.4. The van der Waals surface area contributed by atoms with Crippen molar-refractivity contribution in [2.24, 2.45) is 0 Å². The summed E-state index contributed by atoms with van der Waals surface area (Å²) in [5, 5.41) is 11.6. The van der Waals surface area contributed by atoms with Crippen molar-refractivity contribution in [2.45, 2.75) is 6.42 Å². The van der Waals surface area contributed by atoms with Crippen molar-refractivity contribution >= 4 is 27.5 Å². The first kappa shape index (κ1) is 13.5. The number of halogens is 1. The van der Waals surface area contributed by atoms with E-state index in [1.54, 1.807) is 13.1 Å². The van der Waals surface area contributed by atoms with E-state index in [1.807, 2.05) is 24.1 Å². The molecule has 17 heavy (non-hydrogen) atoms. The summed E-state index contributed by atoms with van der Waals surface area (Å²) in [5.74, 6) is -0.00697. The topological polar surface area (TPSA) is 56.1 Å². The molecular weight excluding hydrogens is 282 g/mol. The van der Waals surface area contributed by atoms with Crippen LogP contribution in [0.5, 0.6) is 0 Å². The summed E-state index contributed by atoms with van der Waals surface area (Å²) in [6, 6.07) is 7.67. The molecule has 1 amide bonds. The molecule has 0 unspecified atom stereocenters. The average molecular weight is 296 g/mol. The van der Waals surface area contributed by atoms with Crippen LogP contribution in [0.3, 0.4) is 0 Å². The van der Waals surface area contributed by atoms with E-state index in [0.717, 1.165) is 10.2 Å². The summed E-state index contributed by atoms with van der Waals surface area (Å²) in [4.78, 5) is 13.0. The molecule has 90 valence electrons. The Morgan fingerprint density at radius 1 is 1.59 bits per heavy atom. The number of hydrogen-bond acceptors (Lipinski definition) is 3. The second kappa shape index (κ2) is 6.26. The van der Waals surface area contributed by atoms with Gasteiger partial charge in [-0.25, -0.2) is 0 Å². The summed E-state index contributed by atoms with van der Waals surface area (Å²) in [6.07, 6.45) is 0.411. The van der Waals surface area contributed by atoms with E-state index >= 15 is 0 Å². The largest absolute Gasteiger partial charge is 0.373 e. The Bertz CT molecular complexity index is 454. The third-order valence-electron chi connectivity index (χ3n) is 2.44.